The lowest BCUT2D eigenvalue weighted by Gasteiger charge is -2.09. The van der Waals surface area contributed by atoms with Gasteiger partial charge in [-0.3, -0.25) is 20.2 Å². The molecule has 3 rings (SSSR count). The Labute approximate surface area is 170 Å². The molecule has 1 N–H and O–H groups in total. The second-order valence-electron chi connectivity index (χ2n) is 6.10. The fraction of sp³-hybridized carbons (Fsp3) is 0.158. The van der Waals surface area contributed by atoms with Crippen LogP contribution in [-0.4, -0.2) is 21.9 Å². The van der Waals surface area contributed by atoms with E-state index in [9.17, 15) is 14.9 Å². The van der Waals surface area contributed by atoms with Crippen LogP contribution in [0.2, 0.25) is 5.02 Å². The summed E-state index contributed by atoms with van der Waals surface area (Å²) < 4.78 is 5.62. The number of rotatable bonds is 6. The van der Waals surface area contributed by atoms with Crippen molar-refractivity contribution in [2.24, 2.45) is 0 Å². The number of benzene rings is 2. The lowest BCUT2D eigenvalue weighted by atomic mass is 10.2. The van der Waals surface area contributed by atoms with E-state index in [0.717, 1.165) is 17.4 Å². The van der Waals surface area contributed by atoms with E-state index in [2.05, 4.69) is 10.3 Å². The summed E-state index contributed by atoms with van der Waals surface area (Å²) in [6.07, 6.45) is 0.0955. The van der Waals surface area contributed by atoms with Gasteiger partial charge in [0.05, 0.1) is 27.3 Å². The Morgan fingerprint density at radius 1 is 1.25 bits per heavy atom. The minimum Gasteiger partial charge on any atom is -0.491 e. The number of nitro groups is 1. The highest BCUT2D eigenvalue weighted by atomic mass is 35.5. The van der Waals surface area contributed by atoms with Crippen LogP contribution < -0.4 is 10.1 Å². The van der Waals surface area contributed by atoms with Gasteiger partial charge in [0, 0.05) is 23.1 Å². The summed E-state index contributed by atoms with van der Waals surface area (Å²) >= 11 is 7.26. The van der Waals surface area contributed by atoms with Crippen molar-refractivity contribution >= 4 is 39.7 Å². The van der Waals surface area contributed by atoms with Crippen LogP contribution in [0.5, 0.6) is 5.75 Å². The molecule has 0 unspecified atom stereocenters. The second kappa shape index (κ2) is 8.37. The molecular weight excluding hydrogens is 402 g/mol. The SMILES string of the molecule is CC(C)Oc1ccc(-c2csc(NC(=O)c3ccc([N+](=O)[O-])cc3Cl)n2)cc1. The minimum absolute atomic E-state index is 0.00391. The van der Waals surface area contributed by atoms with E-state index in [-0.39, 0.29) is 22.4 Å². The van der Waals surface area contributed by atoms with E-state index < -0.39 is 10.8 Å². The average Bonchev–Trinajstić information content (AvgIpc) is 3.10. The van der Waals surface area contributed by atoms with E-state index in [1.807, 2.05) is 43.5 Å². The Bertz CT molecular complexity index is 1020. The van der Waals surface area contributed by atoms with Crippen molar-refractivity contribution in [3.8, 4) is 17.0 Å². The average molecular weight is 418 g/mol. The quantitative estimate of drug-likeness (QED) is 0.427. The van der Waals surface area contributed by atoms with Gasteiger partial charge in [0.2, 0.25) is 0 Å². The highest BCUT2D eigenvalue weighted by Gasteiger charge is 2.16. The van der Waals surface area contributed by atoms with Crippen molar-refractivity contribution in [2.75, 3.05) is 5.32 Å². The maximum Gasteiger partial charge on any atom is 0.270 e. The number of amides is 1. The van der Waals surface area contributed by atoms with Gasteiger partial charge < -0.3 is 4.74 Å². The van der Waals surface area contributed by atoms with E-state index >= 15 is 0 Å². The molecule has 1 amide bonds. The molecule has 0 saturated carbocycles. The first-order chi connectivity index (χ1) is 13.3. The molecule has 144 valence electrons. The monoisotopic (exact) mass is 417 g/mol. The molecule has 9 heteroatoms. The van der Waals surface area contributed by atoms with Crippen LogP contribution in [0.15, 0.2) is 47.8 Å². The number of ether oxygens (including phenoxy) is 1. The minimum atomic E-state index is -0.571. The molecule has 28 heavy (non-hydrogen) atoms. The number of carbonyl (C=O) groups is 1. The third kappa shape index (κ3) is 4.65. The van der Waals surface area contributed by atoms with Crippen molar-refractivity contribution in [1.82, 2.24) is 4.98 Å². The number of aromatic nitrogens is 1. The molecule has 7 nitrogen and oxygen atoms in total. The fourth-order valence-electron chi connectivity index (χ4n) is 2.41. The van der Waals surface area contributed by atoms with Crippen molar-refractivity contribution in [3.05, 3.63) is 68.5 Å². The molecule has 0 fully saturated rings. The molecule has 0 atom stereocenters. The summed E-state index contributed by atoms with van der Waals surface area (Å²) in [5.74, 6) is 0.289. The van der Waals surface area contributed by atoms with Crippen molar-refractivity contribution in [2.45, 2.75) is 20.0 Å². The van der Waals surface area contributed by atoms with E-state index in [1.54, 1.807) is 0 Å². The van der Waals surface area contributed by atoms with Crippen LogP contribution in [0.1, 0.15) is 24.2 Å². The normalized spacial score (nSPS) is 10.7. The molecule has 1 aromatic heterocycles. The van der Waals surface area contributed by atoms with Crippen LogP contribution in [0, 0.1) is 10.1 Å². The summed E-state index contributed by atoms with van der Waals surface area (Å²) in [5.41, 5.74) is 1.56. The van der Waals surface area contributed by atoms with Gasteiger partial charge in [-0.25, -0.2) is 4.98 Å². The van der Waals surface area contributed by atoms with Crippen molar-refractivity contribution in [1.29, 1.82) is 0 Å². The molecule has 0 saturated heterocycles. The zero-order chi connectivity index (χ0) is 20.3. The van der Waals surface area contributed by atoms with E-state index in [1.165, 1.54) is 23.5 Å². The number of anilines is 1. The standard InChI is InChI=1S/C19H16ClN3O4S/c1-11(2)27-14-6-3-12(4-7-14)17-10-28-19(21-17)22-18(24)15-8-5-13(23(25)26)9-16(15)20/h3-11H,1-2H3,(H,21,22,24). The highest BCUT2D eigenvalue weighted by molar-refractivity contribution is 7.14. The second-order valence-corrected chi connectivity index (χ2v) is 7.37. The number of carbonyl (C=O) groups excluding carboxylic acids is 1. The number of nitrogens with zero attached hydrogens (tertiary/aromatic N) is 2. The molecule has 0 bridgehead atoms. The predicted octanol–water partition coefficient (Wildman–Crippen LogP) is 5.41. The zero-order valence-electron chi connectivity index (χ0n) is 15.0. The zero-order valence-corrected chi connectivity index (χ0v) is 16.6. The van der Waals surface area contributed by atoms with Gasteiger partial charge in [0.15, 0.2) is 5.13 Å². The van der Waals surface area contributed by atoms with Gasteiger partial charge in [0.25, 0.3) is 11.6 Å². The first-order valence-electron chi connectivity index (χ1n) is 8.31. The third-order valence-corrected chi connectivity index (χ3v) is 4.73. The molecule has 3 aromatic rings. The number of hydrogen-bond acceptors (Lipinski definition) is 6. The van der Waals surface area contributed by atoms with Crippen LogP contribution in [0.3, 0.4) is 0 Å². The third-order valence-electron chi connectivity index (χ3n) is 3.65. The van der Waals surface area contributed by atoms with Gasteiger partial charge in [-0.15, -0.1) is 11.3 Å². The number of nitrogens with one attached hydrogen (secondary N) is 1. The molecule has 0 spiro atoms. The maximum atomic E-state index is 12.4. The maximum absolute atomic E-state index is 12.4. The number of hydrogen-bond donors (Lipinski definition) is 1. The first-order valence-corrected chi connectivity index (χ1v) is 9.57. The first kappa shape index (κ1) is 19.8. The largest absolute Gasteiger partial charge is 0.491 e. The summed E-state index contributed by atoms with van der Waals surface area (Å²) in [4.78, 5) is 27.0. The lowest BCUT2D eigenvalue weighted by molar-refractivity contribution is -0.384. The molecule has 0 aliphatic carbocycles. The molecule has 2 aromatic carbocycles. The number of thiazole rings is 1. The predicted molar refractivity (Wildman–Crippen MR) is 109 cm³/mol. The van der Waals surface area contributed by atoms with Gasteiger partial charge >= 0.3 is 0 Å². The smallest absolute Gasteiger partial charge is 0.270 e. The number of non-ortho nitro benzene ring substituents is 1. The summed E-state index contributed by atoms with van der Waals surface area (Å²) in [6.45, 7) is 3.92. The Morgan fingerprint density at radius 2 is 1.96 bits per heavy atom. The van der Waals surface area contributed by atoms with Crippen LogP contribution in [-0.2, 0) is 0 Å². The van der Waals surface area contributed by atoms with Crippen LogP contribution in [0.4, 0.5) is 10.8 Å². The fourth-order valence-corrected chi connectivity index (χ4v) is 3.38. The van der Waals surface area contributed by atoms with Gasteiger partial charge in [-0.2, -0.15) is 0 Å². The lowest BCUT2D eigenvalue weighted by Crippen LogP contribution is -2.12. The Hall–Kier alpha value is -2.97. The number of nitro benzene ring substituents is 1. The molecule has 1 heterocycles. The Balaban J connectivity index is 1.72. The summed E-state index contributed by atoms with van der Waals surface area (Å²) in [7, 11) is 0. The van der Waals surface area contributed by atoms with Gasteiger partial charge in [0.1, 0.15) is 5.75 Å². The molecule has 0 aliphatic rings. The molecule has 0 aliphatic heterocycles. The summed E-state index contributed by atoms with van der Waals surface area (Å²) in [5, 5.41) is 15.7. The molecular formula is C19H16ClN3O4S. The number of halogens is 1. The Kier molecular flexibility index (Phi) is 5.91. The summed E-state index contributed by atoms with van der Waals surface area (Å²) in [6, 6.07) is 11.2. The van der Waals surface area contributed by atoms with Gasteiger partial charge in [-0.1, -0.05) is 11.6 Å². The Morgan fingerprint density at radius 3 is 2.57 bits per heavy atom. The van der Waals surface area contributed by atoms with E-state index in [4.69, 9.17) is 16.3 Å². The van der Waals surface area contributed by atoms with E-state index in [0.29, 0.717) is 10.8 Å². The highest BCUT2D eigenvalue weighted by Crippen LogP contribution is 2.28. The van der Waals surface area contributed by atoms with Crippen molar-refractivity contribution in [3.63, 3.8) is 0 Å². The van der Waals surface area contributed by atoms with Gasteiger partial charge in [-0.05, 0) is 44.2 Å². The topological polar surface area (TPSA) is 94.4 Å². The van der Waals surface area contributed by atoms with Crippen molar-refractivity contribution < 1.29 is 14.5 Å². The molecule has 0 radical (unpaired) electrons. The van der Waals surface area contributed by atoms with Crippen LogP contribution in [0.25, 0.3) is 11.3 Å². The van der Waals surface area contributed by atoms with Crippen LogP contribution >= 0.6 is 22.9 Å².